The quantitative estimate of drug-likeness (QED) is 0.752. The summed E-state index contributed by atoms with van der Waals surface area (Å²) in [7, 11) is 0. The SMILES string of the molecule is O=C(O)C1CCC(NCCc2ccc(OCc3ccccc3)cc2)CC1. The van der Waals surface area contributed by atoms with Gasteiger partial charge in [0, 0.05) is 6.04 Å². The van der Waals surface area contributed by atoms with Crippen LogP contribution >= 0.6 is 0 Å². The smallest absolute Gasteiger partial charge is 0.306 e. The molecule has 0 unspecified atom stereocenters. The first-order chi connectivity index (χ1) is 12.7. The molecule has 1 saturated carbocycles. The van der Waals surface area contributed by atoms with Crippen LogP contribution in [-0.2, 0) is 17.8 Å². The molecule has 3 rings (SSSR count). The number of carboxylic acids is 1. The van der Waals surface area contributed by atoms with Gasteiger partial charge in [-0.25, -0.2) is 0 Å². The molecule has 4 nitrogen and oxygen atoms in total. The molecule has 138 valence electrons. The molecule has 4 heteroatoms. The lowest BCUT2D eigenvalue weighted by molar-refractivity contribution is -0.142. The van der Waals surface area contributed by atoms with E-state index >= 15 is 0 Å². The Hall–Kier alpha value is -2.33. The van der Waals surface area contributed by atoms with E-state index in [0.29, 0.717) is 12.6 Å². The number of aliphatic carboxylic acids is 1. The van der Waals surface area contributed by atoms with Crippen LogP contribution in [0.3, 0.4) is 0 Å². The summed E-state index contributed by atoms with van der Waals surface area (Å²) in [5, 5.41) is 12.6. The van der Waals surface area contributed by atoms with Crippen molar-refractivity contribution in [2.24, 2.45) is 5.92 Å². The lowest BCUT2D eigenvalue weighted by atomic mass is 9.86. The van der Waals surface area contributed by atoms with Gasteiger partial charge in [0.25, 0.3) is 0 Å². The van der Waals surface area contributed by atoms with Crippen molar-refractivity contribution in [1.82, 2.24) is 5.32 Å². The highest BCUT2D eigenvalue weighted by atomic mass is 16.5. The molecule has 0 aromatic heterocycles. The molecule has 0 bridgehead atoms. The van der Waals surface area contributed by atoms with Crippen LogP contribution in [0.5, 0.6) is 5.75 Å². The van der Waals surface area contributed by atoms with E-state index in [0.717, 1.165) is 44.4 Å². The molecule has 0 radical (unpaired) electrons. The zero-order valence-corrected chi connectivity index (χ0v) is 15.1. The molecule has 0 heterocycles. The Balaban J connectivity index is 1.36. The molecule has 1 aliphatic rings. The van der Waals surface area contributed by atoms with Gasteiger partial charge in [0.1, 0.15) is 12.4 Å². The van der Waals surface area contributed by atoms with E-state index in [-0.39, 0.29) is 5.92 Å². The second kappa shape index (κ2) is 9.39. The lowest BCUT2D eigenvalue weighted by Gasteiger charge is -2.27. The van der Waals surface area contributed by atoms with Gasteiger partial charge < -0.3 is 15.2 Å². The maximum atomic E-state index is 11.0. The third-order valence-corrected chi connectivity index (χ3v) is 5.09. The van der Waals surface area contributed by atoms with Gasteiger partial charge in [0.05, 0.1) is 5.92 Å². The van der Waals surface area contributed by atoms with Crippen molar-refractivity contribution in [2.45, 2.75) is 44.8 Å². The summed E-state index contributed by atoms with van der Waals surface area (Å²) in [6, 6.07) is 18.9. The molecule has 0 saturated heterocycles. The number of benzene rings is 2. The van der Waals surface area contributed by atoms with Crippen LogP contribution in [0.15, 0.2) is 54.6 Å². The van der Waals surface area contributed by atoms with Crippen LogP contribution in [0, 0.1) is 5.92 Å². The molecular formula is C22H27NO3. The van der Waals surface area contributed by atoms with E-state index in [2.05, 4.69) is 29.6 Å². The van der Waals surface area contributed by atoms with Crippen LogP contribution in [0.4, 0.5) is 0 Å². The van der Waals surface area contributed by atoms with Gasteiger partial charge in [-0.05, 0) is 61.9 Å². The van der Waals surface area contributed by atoms with Crippen molar-refractivity contribution in [1.29, 1.82) is 0 Å². The highest BCUT2D eigenvalue weighted by Crippen LogP contribution is 2.24. The highest BCUT2D eigenvalue weighted by Gasteiger charge is 2.25. The maximum absolute atomic E-state index is 11.0. The standard InChI is InChI=1S/C22H27NO3/c24-22(25)19-8-10-20(11-9-19)23-15-14-17-6-12-21(13-7-17)26-16-18-4-2-1-3-5-18/h1-7,12-13,19-20,23H,8-11,14-16H2,(H,24,25). The van der Waals surface area contributed by atoms with Crippen LogP contribution in [0.1, 0.15) is 36.8 Å². The van der Waals surface area contributed by atoms with Crippen LogP contribution in [-0.4, -0.2) is 23.7 Å². The maximum Gasteiger partial charge on any atom is 0.306 e. The Morgan fingerprint density at radius 1 is 0.962 bits per heavy atom. The van der Waals surface area contributed by atoms with Crippen LogP contribution < -0.4 is 10.1 Å². The van der Waals surface area contributed by atoms with E-state index in [1.165, 1.54) is 11.1 Å². The van der Waals surface area contributed by atoms with Gasteiger partial charge in [-0.1, -0.05) is 42.5 Å². The largest absolute Gasteiger partial charge is 0.489 e. The lowest BCUT2D eigenvalue weighted by Crippen LogP contribution is -2.36. The molecule has 0 atom stereocenters. The van der Waals surface area contributed by atoms with Crippen molar-refractivity contribution in [3.8, 4) is 5.75 Å². The average molecular weight is 353 g/mol. The summed E-state index contributed by atoms with van der Waals surface area (Å²) < 4.78 is 5.81. The number of ether oxygens (including phenoxy) is 1. The number of nitrogens with one attached hydrogen (secondary N) is 1. The summed E-state index contributed by atoms with van der Waals surface area (Å²) in [5.41, 5.74) is 2.45. The molecule has 0 spiro atoms. The van der Waals surface area contributed by atoms with Gasteiger partial charge in [-0.3, -0.25) is 4.79 Å². The Morgan fingerprint density at radius 3 is 2.31 bits per heavy atom. The second-order valence-electron chi connectivity index (χ2n) is 7.01. The predicted octanol–water partition coefficient (Wildman–Crippen LogP) is 4.04. The van der Waals surface area contributed by atoms with E-state index in [9.17, 15) is 4.79 Å². The van der Waals surface area contributed by atoms with E-state index in [4.69, 9.17) is 9.84 Å². The van der Waals surface area contributed by atoms with Crippen molar-refractivity contribution in [3.63, 3.8) is 0 Å². The molecule has 0 aliphatic heterocycles. The summed E-state index contributed by atoms with van der Waals surface area (Å²) in [4.78, 5) is 11.0. The number of hydrogen-bond acceptors (Lipinski definition) is 3. The fraction of sp³-hybridized carbons (Fsp3) is 0.409. The topological polar surface area (TPSA) is 58.6 Å². The van der Waals surface area contributed by atoms with Crippen molar-refractivity contribution in [2.75, 3.05) is 6.54 Å². The number of carbonyl (C=O) groups is 1. The summed E-state index contributed by atoms with van der Waals surface area (Å²) in [6.45, 7) is 1.51. The van der Waals surface area contributed by atoms with Gasteiger partial charge in [0.15, 0.2) is 0 Å². The van der Waals surface area contributed by atoms with E-state index in [1.807, 2.05) is 30.3 Å². The minimum absolute atomic E-state index is 0.142. The second-order valence-corrected chi connectivity index (χ2v) is 7.01. The van der Waals surface area contributed by atoms with Gasteiger partial charge >= 0.3 is 5.97 Å². The number of rotatable bonds is 8. The average Bonchev–Trinajstić information content (AvgIpc) is 2.68. The first-order valence-electron chi connectivity index (χ1n) is 9.42. The predicted molar refractivity (Wildman–Crippen MR) is 102 cm³/mol. The Labute approximate surface area is 155 Å². The van der Waals surface area contributed by atoms with E-state index < -0.39 is 5.97 Å². The minimum Gasteiger partial charge on any atom is -0.489 e. The molecule has 0 amide bonds. The molecular weight excluding hydrogens is 326 g/mol. The van der Waals surface area contributed by atoms with Gasteiger partial charge in [-0.15, -0.1) is 0 Å². The van der Waals surface area contributed by atoms with Crippen molar-refractivity contribution < 1.29 is 14.6 Å². The molecule has 1 fully saturated rings. The number of carboxylic acid groups (broad SMARTS) is 1. The molecule has 2 aromatic rings. The first kappa shape index (κ1) is 18.5. The van der Waals surface area contributed by atoms with Crippen molar-refractivity contribution in [3.05, 3.63) is 65.7 Å². The first-order valence-corrected chi connectivity index (χ1v) is 9.42. The fourth-order valence-electron chi connectivity index (χ4n) is 3.46. The highest BCUT2D eigenvalue weighted by molar-refractivity contribution is 5.70. The third kappa shape index (κ3) is 5.60. The summed E-state index contributed by atoms with van der Waals surface area (Å²) in [5.74, 6) is 0.104. The zero-order valence-electron chi connectivity index (χ0n) is 15.1. The van der Waals surface area contributed by atoms with Crippen LogP contribution in [0.25, 0.3) is 0 Å². The molecule has 2 N–H and O–H groups in total. The Kier molecular flexibility index (Phi) is 6.67. The third-order valence-electron chi connectivity index (χ3n) is 5.09. The Bertz CT molecular complexity index is 676. The van der Waals surface area contributed by atoms with Gasteiger partial charge in [0.2, 0.25) is 0 Å². The van der Waals surface area contributed by atoms with Crippen molar-refractivity contribution >= 4 is 5.97 Å². The monoisotopic (exact) mass is 353 g/mol. The Morgan fingerprint density at radius 2 is 1.65 bits per heavy atom. The minimum atomic E-state index is -0.641. The van der Waals surface area contributed by atoms with E-state index in [1.54, 1.807) is 0 Å². The number of hydrogen-bond donors (Lipinski definition) is 2. The van der Waals surface area contributed by atoms with Crippen LogP contribution in [0.2, 0.25) is 0 Å². The fourth-order valence-corrected chi connectivity index (χ4v) is 3.46. The van der Waals surface area contributed by atoms with Gasteiger partial charge in [-0.2, -0.15) is 0 Å². The summed E-state index contributed by atoms with van der Waals surface area (Å²) in [6.07, 6.45) is 4.48. The molecule has 1 aliphatic carbocycles. The molecule has 2 aromatic carbocycles. The molecule has 26 heavy (non-hydrogen) atoms. The zero-order chi connectivity index (χ0) is 18.2. The normalized spacial score (nSPS) is 19.8. The summed E-state index contributed by atoms with van der Waals surface area (Å²) >= 11 is 0.